The van der Waals surface area contributed by atoms with Gasteiger partial charge in [-0.2, -0.15) is 0 Å². The second-order valence-electron chi connectivity index (χ2n) is 4.29. The summed E-state index contributed by atoms with van der Waals surface area (Å²) in [4.78, 5) is 20.3. The molecule has 0 spiro atoms. The van der Waals surface area contributed by atoms with Gasteiger partial charge in [0.2, 0.25) is 0 Å². The molecule has 0 saturated carbocycles. The molecule has 1 amide bonds. The lowest BCUT2D eigenvalue weighted by molar-refractivity contribution is 0.0923. The summed E-state index contributed by atoms with van der Waals surface area (Å²) in [7, 11) is 0. The molecule has 1 N–H and O–H groups in total. The van der Waals surface area contributed by atoms with E-state index in [-0.39, 0.29) is 11.9 Å². The highest BCUT2D eigenvalue weighted by Gasteiger charge is 2.24. The third kappa shape index (κ3) is 2.40. The summed E-state index contributed by atoms with van der Waals surface area (Å²) in [5.41, 5.74) is 1.38. The van der Waals surface area contributed by atoms with Crippen LogP contribution in [0.2, 0.25) is 0 Å². The normalized spacial score (nSPS) is 17.2. The van der Waals surface area contributed by atoms with Gasteiger partial charge in [0.05, 0.1) is 12.6 Å². The Morgan fingerprint density at radius 3 is 2.95 bits per heavy atom. The molecule has 5 heteroatoms. The Hall–Kier alpha value is -2.43. The number of amides is 1. The second-order valence-corrected chi connectivity index (χ2v) is 4.29. The van der Waals surface area contributed by atoms with Crippen LogP contribution >= 0.6 is 0 Å². The van der Waals surface area contributed by atoms with E-state index in [1.165, 1.54) is 0 Å². The van der Waals surface area contributed by atoms with Gasteiger partial charge in [-0.25, -0.2) is 0 Å². The molecule has 0 aliphatic carbocycles. The topological polar surface area (TPSA) is 64.1 Å². The molecule has 0 fully saturated rings. The number of carbonyl (C=O) groups excluding carboxylic acids is 1. The van der Waals surface area contributed by atoms with Gasteiger partial charge in [0.1, 0.15) is 11.4 Å². The number of carbonyl (C=O) groups is 1. The van der Waals surface area contributed by atoms with Gasteiger partial charge < -0.3 is 10.1 Å². The molecule has 3 heterocycles. The fraction of sp³-hybridized carbons (Fsp3) is 0.214. The second kappa shape index (κ2) is 5.06. The smallest absolute Gasteiger partial charge is 0.251 e. The van der Waals surface area contributed by atoms with Gasteiger partial charge in [0.25, 0.3) is 5.91 Å². The Bertz CT molecular complexity index is 586. The number of rotatable bonds is 2. The Morgan fingerprint density at radius 1 is 1.26 bits per heavy atom. The van der Waals surface area contributed by atoms with Gasteiger partial charge in [-0.3, -0.25) is 14.8 Å². The molecule has 5 nitrogen and oxygen atoms in total. The van der Waals surface area contributed by atoms with Crippen molar-refractivity contribution in [2.75, 3.05) is 6.61 Å². The summed E-state index contributed by atoms with van der Waals surface area (Å²) in [6.45, 7) is 0.583. The van der Waals surface area contributed by atoms with Crippen LogP contribution in [0.4, 0.5) is 0 Å². The molecular formula is C14H13N3O2. The minimum absolute atomic E-state index is 0.106. The summed E-state index contributed by atoms with van der Waals surface area (Å²) < 4.78 is 5.52. The van der Waals surface area contributed by atoms with E-state index in [4.69, 9.17) is 4.74 Å². The van der Waals surface area contributed by atoms with Crippen molar-refractivity contribution in [1.82, 2.24) is 15.3 Å². The summed E-state index contributed by atoms with van der Waals surface area (Å²) in [5.74, 6) is 0.625. The number of nitrogens with one attached hydrogen (secondary N) is 1. The van der Waals surface area contributed by atoms with Gasteiger partial charge in [-0.05, 0) is 24.3 Å². The molecule has 0 radical (unpaired) electrons. The lowest BCUT2D eigenvalue weighted by Gasteiger charge is -2.25. The number of ether oxygens (including phenoxy) is 1. The zero-order valence-corrected chi connectivity index (χ0v) is 10.2. The number of nitrogens with zero attached hydrogens (tertiary/aromatic N) is 2. The highest BCUT2D eigenvalue weighted by molar-refractivity contribution is 5.94. The third-order valence-corrected chi connectivity index (χ3v) is 3.04. The molecule has 0 bridgehead atoms. The van der Waals surface area contributed by atoms with Gasteiger partial charge >= 0.3 is 0 Å². The highest BCUT2D eigenvalue weighted by atomic mass is 16.5. The van der Waals surface area contributed by atoms with E-state index >= 15 is 0 Å². The van der Waals surface area contributed by atoms with Gasteiger partial charge in [-0.1, -0.05) is 0 Å². The van der Waals surface area contributed by atoms with E-state index in [9.17, 15) is 4.79 Å². The Kier molecular flexibility index (Phi) is 3.10. The van der Waals surface area contributed by atoms with Gasteiger partial charge in [0.15, 0.2) is 0 Å². The molecule has 19 heavy (non-hydrogen) atoms. The van der Waals surface area contributed by atoms with E-state index < -0.39 is 0 Å². The largest absolute Gasteiger partial charge is 0.491 e. The van der Waals surface area contributed by atoms with Crippen LogP contribution in [-0.2, 0) is 0 Å². The quantitative estimate of drug-likeness (QED) is 0.887. The van der Waals surface area contributed by atoms with Crippen molar-refractivity contribution < 1.29 is 9.53 Å². The SMILES string of the molecule is O=C(NC1CCOc2cccnc21)c1ccncc1. The standard InChI is InChI=1S/C14H13N3O2/c18-14(10-3-7-15-8-4-10)17-11-5-9-19-12-2-1-6-16-13(11)12/h1-4,6-8,11H,5,9H2,(H,17,18). The molecule has 1 aliphatic heterocycles. The lowest BCUT2D eigenvalue weighted by Crippen LogP contribution is -2.32. The lowest BCUT2D eigenvalue weighted by atomic mass is 10.1. The van der Waals surface area contributed by atoms with Crippen molar-refractivity contribution >= 4 is 5.91 Å². The summed E-state index contributed by atoms with van der Waals surface area (Å²) in [6, 6.07) is 6.96. The average molecular weight is 255 g/mol. The van der Waals surface area contributed by atoms with E-state index in [1.807, 2.05) is 12.1 Å². The van der Waals surface area contributed by atoms with Gasteiger partial charge in [-0.15, -0.1) is 0 Å². The van der Waals surface area contributed by atoms with Crippen molar-refractivity contribution in [1.29, 1.82) is 0 Å². The van der Waals surface area contributed by atoms with E-state index in [1.54, 1.807) is 30.7 Å². The van der Waals surface area contributed by atoms with Crippen LogP contribution in [0.15, 0.2) is 42.9 Å². The maximum Gasteiger partial charge on any atom is 0.251 e. The van der Waals surface area contributed by atoms with Crippen LogP contribution in [0.5, 0.6) is 5.75 Å². The molecule has 2 aromatic rings. The Morgan fingerprint density at radius 2 is 2.11 bits per heavy atom. The Labute approximate surface area is 110 Å². The number of fused-ring (bicyclic) bond motifs is 1. The highest BCUT2D eigenvalue weighted by Crippen LogP contribution is 2.29. The van der Waals surface area contributed by atoms with Crippen molar-refractivity contribution in [3.05, 3.63) is 54.1 Å². The van der Waals surface area contributed by atoms with E-state index in [2.05, 4.69) is 15.3 Å². The zero-order valence-electron chi connectivity index (χ0n) is 10.2. The predicted molar refractivity (Wildman–Crippen MR) is 68.8 cm³/mol. The van der Waals surface area contributed by atoms with Crippen molar-refractivity contribution in [2.24, 2.45) is 0 Å². The maximum absolute atomic E-state index is 12.1. The van der Waals surface area contributed by atoms with E-state index in [0.29, 0.717) is 12.2 Å². The first kappa shape index (κ1) is 11.6. The van der Waals surface area contributed by atoms with Crippen LogP contribution < -0.4 is 10.1 Å². The molecule has 3 rings (SSSR count). The minimum atomic E-state index is -0.120. The average Bonchev–Trinajstić information content (AvgIpc) is 2.48. The maximum atomic E-state index is 12.1. The summed E-state index contributed by atoms with van der Waals surface area (Å²) in [6.07, 6.45) is 5.64. The third-order valence-electron chi connectivity index (χ3n) is 3.04. The number of hydrogen-bond acceptors (Lipinski definition) is 4. The summed E-state index contributed by atoms with van der Waals surface area (Å²) in [5, 5.41) is 2.98. The fourth-order valence-electron chi connectivity index (χ4n) is 2.10. The van der Waals surface area contributed by atoms with Crippen LogP contribution in [0.3, 0.4) is 0 Å². The first-order valence-corrected chi connectivity index (χ1v) is 6.13. The molecule has 0 aromatic carbocycles. The first-order chi connectivity index (χ1) is 9.34. The van der Waals surface area contributed by atoms with Crippen molar-refractivity contribution in [3.8, 4) is 5.75 Å². The monoisotopic (exact) mass is 255 g/mol. The number of hydrogen-bond donors (Lipinski definition) is 1. The Balaban J connectivity index is 1.80. The van der Waals surface area contributed by atoms with Crippen molar-refractivity contribution in [2.45, 2.75) is 12.5 Å². The number of aromatic nitrogens is 2. The number of pyridine rings is 2. The van der Waals surface area contributed by atoms with Crippen molar-refractivity contribution in [3.63, 3.8) is 0 Å². The fourth-order valence-corrected chi connectivity index (χ4v) is 2.10. The predicted octanol–water partition coefficient (Wildman–Crippen LogP) is 1.73. The first-order valence-electron chi connectivity index (χ1n) is 6.13. The van der Waals surface area contributed by atoms with Crippen LogP contribution in [-0.4, -0.2) is 22.5 Å². The summed E-state index contributed by atoms with van der Waals surface area (Å²) >= 11 is 0. The molecule has 2 aromatic heterocycles. The molecule has 0 saturated heterocycles. The van der Waals surface area contributed by atoms with Crippen LogP contribution in [0.25, 0.3) is 0 Å². The molecule has 1 unspecified atom stereocenters. The molecule has 96 valence electrons. The molecule has 1 atom stereocenters. The zero-order chi connectivity index (χ0) is 13.1. The van der Waals surface area contributed by atoms with Crippen LogP contribution in [0.1, 0.15) is 28.5 Å². The molecule has 1 aliphatic rings. The van der Waals surface area contributed by atoms with E-state index in [0.717, 1.165) is 17.9 Å². The molecular weight excluding hydrogens is 242 g/mol. The van der Waals surface area contributed by atoms with Gasteiger partial charge in [0, 0.05) is 30.6 Å². The minimum Gasteiger partial charge on any atom is -0.491 e. The van der Waals surface area contributed by atoms with Crippen LogP contribution in [0, 0.1) is 0 Å².